The maximum absolute atomic E-state index is 13.5. The zero-order valence-electron chi connectivity index (χ0n) is 13.6. The summed E-state index contributed by atoms with van der Waals surface area (Å²) in [5, 5.41) is 12.2. The minimum absolute atomic E-state index is 0.136. The molecule has 3 aromatic rings. The first kappa shape index (κ1) is 17.7. The Labute approximate surface area is 150 Å². The van der Waals surface area contributed by atoms with Crippen LogP contribution < -0.4 is 10.1 Å². The second-order valence-electron chi connectivity index (χ2n) is 5.30. The van der Waals surface area contributed by atoms with Crippen molar-refractivity contribution in [2.24, 2.45) is 0 Å². The number of aromatic carboxylic acids is 1. The number of aromatic nitrogens is 1. The molecule has 0 aliphatic rings. The molecule has 9 heteroatoms. The number of carbonyl (C=O) groups excluding carboxylic acids is 1. The van der Waals surface area contributed by atoms with Crippen LogP contribution in [0.5, 0.6) is 5.75 Å². The minimum atomic E-state index is -1.50. The summed E-state index contributed by atoms with van der Waals surface area (Å²) < 4.78 is 32.6. The Balaban J connectivity index is 2.11. The molecule has 2 N–H and O–H groups in total. The largest absolute Gasteiger partial charge is 0.496 e. The standard InChI is InChI=1S/C17H12F2N2O4S/c1-7-20-11-3-4-13(25-2)14(15(11)26-7)16(22)21-12-6-10(19)9(18)5-8(12)17(23)24/h3-6H,1-2H3,(H,21,22)(H,23,24). The van der Waals surface area contributed by atoms with Crippen LogP contribution in [-0.2, 0) is 0 Å². The van der Waals surface area contributed by atoms with Gasteiger partial charge in [-0.3, -0.25) is 4.79 Å². The number of methoxy groups -OCH3 is 1. The Morgan fingerprint density at radius 2 is 1.92 bits per heavy atom. The number of hydrogen-bond acceptors (Lipinski definition) is 5. The number of nitrogens with zero attached hydrogens (tertiary/aromatic N) is 1. The van der Waals surface area contributed by atoms with Gasteiger partial charge in [-0.2, -0.15) is 0 Å². The predicted molar refractivity (Wildman–Crippen MR) is 92.2 cm³/mol. The van der Waals surface area contributed by atoms with E-state index in [1.807, 2.05) is 0 Å². The zero-order chi connectivity index (χ0) is 19.0. The smallest absolute Gasteiger partial charge is 0.337 e. The Bertz CT molecular complexity index is 1050. The Kier molecular flexibility index (Phi) is 4.56. The van der Waals surface area contributed by atoms with Crippen LogP contribution in [0.4, 0.5) is 14.5 Å². The van der Waals surface area contributed by atoms with Crippen LogP contribution in [0.15, 0.2) is 24.3 Å². The first-order chi connectivity index (χ1) is 12.3. The highest BCUT2D eigenvalue weighted by Gasteiger charge is 2.22. The number of carbonyl (C=O) groups is 2. The molecule has 3 rings (SSSR count). The molecule has 0 spiro atoms. The van der Waals surface area contributed by atoms with E-state index in [4.69, 9.17) is 9.84 Å². The van der Waals surface area contributed by atoms with Gasteiger partial charge in [-0.25, -0.2) is 18.6 Å². The van der Waals surface area contributed by atoms with Crippen LogP contribution in [0, 0.1) is 18.6 Å². The normalized spacial score (nSPS) is 10.8. The molecule has 1 aromatic heterocycles. The van der Waals surface area contributed by atoms with Crippen LogP contribution in [0.3, 0.4) is 0 Å². The van der Waals surface area contributed by atoms with Crippen molar-refractivity contribution in [3.8, 4) is 5.75 Å². The number of amides is 1. The summed E-state index contributed by atoms with van der Waals surface area (Å²) in [5.74, 6) is -4.57. The van der Waals surface area contributed by atoms with Crippen molar-refractivity contribution in [1.29, 1.82) is 0 Å². The molecular formula is C17H12F2N2O4S. The van der Waals surface area contributed by atoms with Gasteiger partial charge < -0.3 is 15.2 Å². The molecule has 1 amide bonds. The van der Waals surface area contributed by atoms with Crippen LogP contribution in [-0.4, -0.2) is 29.1 Å². The van der Waals surface area contributed by atoms with Crippen molar-refractivity contribution in [1.82, 2.24) is 4.98 Å². The zero-order valence-corrected chi connectivity index (χ0v) is 14.4. The highest BCUT2D eigenvalue weighted by molar-refractivity contribution is 7.19. The third kappa shape index (κ3) is 3.08. The molecule has 0 radical (unpaired) electrons. The second kappa shape index (κ2) is 6.68. The monoisotopic (exact) mass is 378 g/mol. The van der Waals surface area contributed by atoms with Gasteiger partial charge in [-0.15, -0.1) is 11.3 Å². The topological polar surface area (TPSA) is 88.5 Å². The van der Waals surface area contributed by atoms with Gasteiger partial charge in [0.25, 0.3) is 5.91 Å². The molecule has 134 valence electrons. The van der Waals surface area contributed by atoms with Crippen LogP contribution >= 0.6 is 11.3 Å². The van der Waals surface area contributed by atoms with Gasteiger partial charge in [-0.1, -0.05) is 0 Å². The summed E-state index contributed by atoms with van der Waals surface area (Å²) in [6, 6.07) is 4.39. The van der Waals surface area contributed by atoms with Crippen molar-refractivity contribution < 1.29 is 28.2 Å². The highest BCUT2D eigenvalue weighted by atomic mass is 32.1. The first-order valence-corrected chi connectivity index (χ1v) is 8.11. The Morgan fingerprint density at radius 1 is 1.23 bits per heavy atom. The molecule has 0 saturated heterocycles. The number of hydrogen-bond donors (Lipinski definition) is 2. The molecule has 0 aliphatic heterocycles. The number of aryl methyl sites for hydroxylation is 1. The van der Waals surface area contributed by atoms with Crippen LogP contribution in [0.2, 0.25) is 0 Å². The lowest BCUT2D eigenvalue weighted by molar-refractivity contribution is 0.0697. The molecule has 26 heavy (non-hydrogen) atoms. The van der Waals surface area contributed by atoms with E-state index in [0.29, 0.717) is 22.3 Å². The van der Waals surface area contributed by atoms with E-state index in [-0.39, 0.29) is 17.0 Å². The van der Waals surface area contributed by atoms with E-state index in [2.05, 4.69) is 10.3 Å². The van der Waals surface area contributed by atoms with Gasteiger partial charge in [0, 0.05) is 6.07 Å². The lowest BCUT2D eigenvalue weighted by Crippen LogP contribution is -2.16. The number of ether oxygens (including phenoxy) is 1. The lowest BCUT2D eigenvalue weighted by atomic mass is 10.1. The van der Waals surface area contributed by atoms with Crippen molar-refractivity contribution >= 4 is 39.1 Å². The summed E-state index contributed by atoms with van der Waals surface area (Å²) in [6.07, 6.45) is 0. The van der Waals surface area contributed by atoms with Crippen LogP contribution in [0.25, 0.3) is 10.2 Å². The van der Waals surface area contributed by atoms with E-state index in [0.717, 1.165) is 5.01 Å². The average Bonchev–Trinajstić information content (AvgIpc) is 2.96. The maximum atomic E-state index is 13.5. The van der Waals surface area contributed by atoms with E-state index in [1.165, 1.54) is 18.4 Å². The molecular weight excluding hydrogens is 366 g/mol. The number of rotatable bonds is 4. The van der Waals surface area contributed by atoms with Crippen molar-refractivity contribution in [3.63, 3.8) is 0 Å². The number of carboxylic acids is 1. The first-order valence-electron chi connectivity index (χ1n) is 7.29. The fourth-order valence-corrected chi connectivity index (χ4v) is 3.44. The van der Waals surface area contributed by atoms with Gasteiger partial charge in [-0.05, 0) is 25.1 Å². The quantitative estimate of drug-likeness (QED) is 0.720. The van der Waals surface area contributed by atoms with E-state index in [1.54, 1.807) is 19.1 Å². The summed E-state index contributed by atoms with van der Waals surface area (Å²) in [4.78, 5) is 28.3. The summed E-state index contributed by atoms with van der Waals surface area (Å²) >= 11 is 1.26. The number of thiazole rings is 1. The number of halogens is 2. The van der Waals surface area contributed by atoms with E-state index < -0.39 is 29.1 Å². The summed E-state index contributed by atoms with van der Waals surface area (Å²) in [5.41, 5.74) is -0.218. The summed E-state index contributed by atoms with van der Waals surface area (Å²) in [6.45, 7) is 1.77. The highest BCUT2D eigenvalue weighted by Crippen LogP contribution is 2.33. The van der Waals surface area contributed by atoms with Crippen molar-refractivity contribution in [3.05, 3.63) is 52.0 Å². The minimum Gasteiger partial charge on any atom is -0.496 e. The molecule has 0 unspecified atom stereocenters. The van der Waals surface area contributed by atoms with Gasteiger partial charge in [0.2, 0.25) is 0 Å². The SMILES string of the molecule is COc1ccc2nc(C)sc2c1C(=O)Nc1cc(F)c(F)cc1C(=O)O. The molecule has 0 saturated carbocycles. The summed E-state index contributed by atoms with van der Waals surface area (Å²) in [7, 11) is 1.38. The molecule has 6 nitrogen and oxygen atoms in total. The molecule has 2 aromatic carbocycles. The van der Waals surface area contributed by atoms with E-state index >= 15 is 0 Å². The number of benzene rings is 2. The third-order valence-electron chi connectivity index (χ3n) is 3.61. The number of anilines is 1. The molecule has 1 heterocycles. The molecule has 0 atom stereocenters. The maximum Gasteiger partial charge on any atom is 0.337 e. The van der Waals surface area contributed by atoms with Gasteiger partial charge in [0.05, 0.1) is 33.6 Å². The predicted octanol–water partition coefficient (Wildman–Crippen LogP) is 3.84. The van der Waals surface area contributed by atoms with Crippen molar-refractivity contribution in [2.45, 2.75) is 6.92 Å². The Morgan fingerprint density at radius 3 is 2.58 bits per heavy atom. The number of fused-ring (bicyclic) bond motifs is 1. The van der Waals surface area contributed by atoms with Crippen molar-refractivity contribution in [2.75, 3.05) is 12.4 Å². The van der Waals surface area contributed by atoms with Gasteiger partial charge >= 0.3 is 5.97 Å². The van der Waals surface area contributed by atoms with Gasteiger partial charge in [0.1, 0.15) is 11.3 Å². The molecule has 0 bridgehead atoms. The van der Waals surface area contributed by atoms with E-state index in [9.17, 15) is 18.4 Å². The molecule has 0 aliphatic carbocycles. The number of carboxylic acid groups (broad SMARTS) is 1. The Hall–Kier alpha value is -3.07. The van der Waals surface area contributed by atoms with Gasteiger partial charge in [0.15, 0.2) is 11.6 Å². The van der Waals surface area contributed by atoms with Crippen LogP contribution in [0.1, 0.15) is 25.7 Å². The molecule has 0 fully saturated rings. The second-order valence-corrected chi connectivity index (χ2v) is 6.50. The lowest BCUT2D eigenvalue weighted by Gasteiger charge is -2.12. The number of nitrogens with one attached hydrogen (secondary N) is 1. The fourth-order valence-electron chi connectivity index (χ4n) is 2.48. The third-order valence-corrected chi connectivity index (χ3v) is 4.62. The fraction of sp³-hybridized carbons (Fsp3) is 0.118. The average molecular weight is 378 g/mol.